The Morgan fingerprint density at radius 1 is 1.17 bits per heavy atom. The lowest BCUT2D eigenvalue weighted by molar-refractivity contribution is 0.0600. The third kappa shape index (κ3) is 4.81. The second kappa shape index (κ2) is 8.10. The zero-order valence-corrected chi connectivity index (χ0v) is 14.0. The summed E-state index contributed by atoms with van der Waals surface area (Å²) in [6.45, 7) is 4.65. The first-order chi connectivity index (χ1) is 11.5. The molecule has 0 atom stereocenters. The average Bonchev–Trinajstić information content (AvgIpc) is 2.59. The van der Waals surface area contributed by atoms with Gasteiger partial charge in [-0.3, -0.25) is 9.78 Å². The second-order valence-electron chi connectivity index (χ2n) is 5.73. The van der Waals surface area contributed by atoms with Crippen LogP contribution in [0.3, 0.4) is 0 Å². The molecular weight excluding hydrogens is 306 g/mol. The Labute approximate surface area is 141 Å². The monoisotopic (exact) mass is 327 g/mol. The number of pyridine rings is 1. The lowest BCUT2D eigenvalue weighted by Gasteiger charge is -2.10. The minimum absolute atomic E-state index is 0.212. The van der Waals surface area contributed by atoms with E-state index in [1.54, 1.807) is 36.5 Å². The average molecular weight is 327 g/mol. The van der Waals surface area contributed by atoms with Gasteiger partial charge in [0.1, 0.15) is 5.69 Å². The molecule has 0 radical (unpaired) electrons. The maximum Gasteiger partial charge on any atom is 0.337 e. The first-order valence-corrected chi connectivity index (χ1v) is 7.69. The Morgan fingerprint density at radius 3 is 2.62 bits per heavy atom. The van der Waals surface area contributed by atoms with E-state index < -0.39 is 5.97 Å². The van der Waals surface area contributed by atoms with Crippen LogP contribution in [0.5, 0.6) is 0 Å². The quantitative estimate of drug-likeness (QED) is 0.797. The molecule has 126 valence electrons. The van der Waals surface area contributed by atoms with Crippen molar-refractivity contribution in [2.24, 2.45) is 5.92 Å². The van der Waals surface area contributed by atoms with E-state index in [0.29, 0.717) is 29.4 Å². The summed E-state index contributed by atoms with van der Waals surface area (Å²) < 4.78 is 4.71. The van der Waals surface area contributed by atoms with Crippen LogP contribution in [-0.4, -0.2) is 30.5 Å². The Bertz CT molecular complexity index is 729. The van der Waals surface area contributed by atoms with E-state index in [0.717, 1.165) is 5.69 Å². The molecule has 2 N–H and O–H groups in total. The van der Waals surface area contributed by atoms with Crippen LogP contribution in [0.2, 0.25) is 0 Å². The van der Waals surface area contributed by atoms with Crippen LogP contribution in [0.25, 0.3) is 0 Å². The molecule has 2 aromatic rings. The van der Waals surface area contributed by atoms with E-state index in [4.69, 9.17) is 4.74 Å². The highest BCUT2D eigenvalue weighted by molar-refractivity contribution is 5.93. The second-order valence-corrected chi connectivity index (χ2v) is 5.73. The molecule has 0 aliphatic heterocycles. The standard InChI is InChI=1S/C18H21N3O3/c1-12(2)11-20-17(22)16-10-15(7-8-19-16)21-14-6-4-5-13(9-14)18(23)24-3/h4-10,12H,11H2,1-3H3,(H,19,21)(H,20,22). The van der Waals surface area contributed by atoms with Gasteiger partial charge in [0.05, 0.1) is 12.7 Å². The van der Waals surface area contributed by atoms with Gasteiger partial charge in [-0.15, -0.1) is 0 Å². The predicted molar refractivity (Wildman–Crippen MR) is 92.5 cm³/mol. The maximum absolute atomic E-state index is 12.1. The van der Waals surface area contributed by atoms with Crippen molar-refractivity contribution in [3.63, 3.8) is 0 Å². The Morgan fingerprint density at radius 2 is 1.92 bits per heavy atom. The molecule has 0 aliphatic rings. The minimum atomic E-state index is -0.401. The number of rotatable bonds is 6. The van der Waals surface area contributed by atoms with Crippen molar-refractivity contribution in [3.8, 4) is 0 Å². The van der Waals surface area contributed by atoms with E-state index in [-0.39, 0.29) is 5.91 Å². The van der Waals surface area contributed by atoms with Crippen molar-refractivity contribution < 1.29 is 14.3 Å². The van der Waals surface area contributed by atoms with Gasteiger partial charge in [-0.25, -0.2) is 4.79 Å². The number of anilines is 2. The fraction of sp³-hybridized carbons (Fsp3) is 0.278. The molecule has 0 unspecified atom stereocenters. The molecule has 1 aromatic heterocycles. The fourth-order valence-corrected chi connectivity index (χ4v) is 2.03. The Hall–Kier alpha value is -2.89. The van der Waals surface area contributed by atoms with Gasteiger partial charge in [-0.2, -0.15) is 0 Å². The number of hydrogen-bond donors (Lipinski definition) is 2. The van der Waals surface area contributed by atoms with Gasteiger partial charge in [0.25, 0.3) is 5.91 Å². The third-order valence-electron chi connectivity index (χ3n) is 3.24. The molecule has 1 aromatic carbocycles. The highest BCUT2D eigenvalue weighted by atomic mass is 16.5. The molecule has 0 fully saturated rings. The fourth-order valence-electron chi connectivity index (χ4n) is 2.03. The summed E-state index contributed by atoms with van der Waals surface area (Å²) in [7, 11) is 1.34. The molecule has 1 amide bonds. The summed E-state index contributed by atoms with van der Waals surface area (Å²) in [6.07, 6.45) is 1.57. The minimum Gasteiger partial charge on any atom is -0.465 e. The molecule has 2 rings (SSSR count). The van der Waals surface area contributed by atoms with Crippen LogP contribution in [-0.2, 0) is 4.74 Å². The topological polar surface area (TPSA) is 80.3 Å². The molecule has 0 aliphatic carbocycles. The van der Waals surface area contributed by atoms with Crippen molar-refractivity contribution >= 4 is 23.3 Å². The van der Waals surface area contributed by atoms with Crippen molar-refractivity contribution in [3.05, 3.63) is 53.9 Å². The van der Waals surface area contributed by atoms with E-state index >= 15 is 0 Å². The van der Waals surface area contributed by atoms with Crippen LogP contribution in [0.1, 0.15) is 34.7 Å². The van der Waals surface area contributed by atoms with Crippen LogP contribution < -0.4 is 10.6 Å². The molecule has 6 heteroatoms. The number of nitrogens with one attached hydrogen (secondary N) is 2. The van der Waals surface area contributed by atoms with Crippen LogP contribution >= 0.6 is 0 Å². The number of carbonyl (C=O) groups is 2. The zero-order valence-electron chi connectivity index (χ0n) is 14.0. The van der Waals surface area contributed by atoms with Crippen molar-refractivity contribution in [2.45, 2.75) is 13.8 Å². The van der Waals surface area contributed by atoms with E-state index in [2.05, 4.69) is 15.6 Å². The van der Waals surface area contributed by atoms with Crippen LogP contribution in [0.4, 0.5) is 11.4 Å². The largest absolute Gasteiger partial charge is 0.465 e. The number of amides is 1. The van der Waals surface area contributed by atoms with Crippen LogP contribution in [0, 0.1) is 5.92 Å². The van der Waals surface area contributed by atoms with E-state index in [9.17, 15) is 9.59 Å². The van der Waals surface area contributed by atoms with Crippen molar-refractivity contribution in [2.75, 3.05) is 19.0 Å². The highest BCUT2D eigenvalue weighted by Crippen LogP contribution is 2.18. The number of esters is 1. The SMILES string of the molecule is COC(=O)c1cccc(Nc2ccnc(C(=O)NCC(C)C)c2)c1. The normalized spacial score (nSPS) is 10.3. The van der Waals surface area contributed by atoms with E-state index in [1.165, 1.54) is 7.11 Å². The van der Waals surface area contributed by atoms with Gasteiger partial charge in [-0.05, 0) is 36.2 Å². The Kier molecular flexibility index (Phi) is 5.89. The first kappa shape index (κ1) is 17.5. The summed E-state index contributed by atoms with van der Waals surface area (Å²) in [4.78, 5) is 27.7. The van der Waals surface area contributed by atoms with Crippen molar-refractivity contribution in [1.29, 1.82) is 0 Å². The summed E-state index contributed by atoms with van der Waals surface area (Å²) in [5.74, 6) is -0.242. The summed E-state index contributed by atoms with van der Waals surface area (Å²) >= 11 is 0. The number of methoxy groups -OCH3 is 1. The number of nitrogens with zero attached hydrogens (tertiary/aromatic N) is 1. The zero-order chi connectivity index (χ0) is 17.5. The summed E-state index contributed by atoms with van der Waals surface area (Å²) in [6, 6.07) is 10.4. The number of benzene rings is 1. The number of aromatic nitrogens is 1. The van der Waals surface area contributed by atoms with Gasteiger partial charge >= 0.3 is 5.97 Å². The molecule has 6 nitrogen and oxygen atoms in total. The lowest BCUT2D eigenvalue weighted by atomic mass is 10.2. The number of hydrogen-bond acceptors (Lipinski definition) is 5. The van der Waals surface area contributed by atoms with Gasteiger partial charge in [-0.1, -0.05) is 19.9 Å². The predicted octanol–water partition coefficient (Wildman–Crippen LogP) is 3.00. The van der Waals surface area contributed by atoms with E-state index in [1.807, 2.05) is 19.9 Å². The van der Waals surface area contributed by atoms with Gasteiger partial charge in [0.2, 0.25) is 0 Å². The third-order valence-corrected chi connectivity index (χ3v) is 3.24. The lowest BCUT2D eigenvalue weighted by Crippen LogP contribution is -2.28. The number of carbonyl (C=O) groups excluding carboxylic acids is 2. The molecule has 1 heterocycles. The molecule has 0 saturated heterocycles. The summed E-state index contributed by atoms with van der Waals surface area (Å²) in [5, 5.41) is 5.99. The van der Waals surface area contributed by atoms with Gasteiger partial charge in [0, 0.05) is 24.1 Å². The first-order valence-electron chi connectivity index (χ1n) is 7.69. The molecule has 0 saturated carbocycles. The smallest absolute Gasteiger partial charge is 0.337 e. The van der Waals surface area contributed by atoms with Gasteiger partial charge < -0.3 is 15.4 Å². The van der Waals surface area contributed by atoms with Gasteiger partial charge in [0.15, 0.2) is 0 Å². The summed E-state index contributed by atoms with van der Waals surface area (Å²) in [5.41, 5.74) is 2.22. The molecule has 0 bridgehead atoms. The maximum atomic E-state index is 12.1. The highest BCUT2D eigenvalue weighted by Gasteiger charge is 2.09. The molecule has 0 spiro atoms. The van der Waals surface area contributed by atoms with Crippen molar-refractivity contribution in [1.82, 2.24) is 10.3 Å². The molecule has 24 heavy (non-hydrogen) atoms. The van der Waals surface area contributed by atoms with Crippen LogP contribution in [0.15, 0.2) is 42.6 Å². The molecular formula is C18H21N3O3. The number of ether oxygens (including phenoxy) is 1. The Balaban J connectivity index is 2.12.